The zero-order valence-corrected chi connectivity index (χ0v) is 12.4. The fraction of sp³-hybridized carbons (Fsp3) is 0.500. The second-order valence-corrected chi connectivity index (χ2v) is 6.43. The molecule has 4 nitrogen and oxygen atoms in total. The molecule has 0 unspecified atom stereocenters. The minimum absolute atomic E-state index is 0.136. The van der Waals surface area contributed by atoms with Crippen LogP contribution in [0.3, 0.4) is 0 Å². The Bertz CT molecular complexity index is 501. The molecule has 0 aliphatic carbocycles. The van der Waals surface area contributed by atoms with Gasteiger partial charge in [-0.25, -0.2) is 13.1 Å². The number of hydrogen-bond donors (Lipinski definition) is 2. The van der Waals surface area contributed by atoms with Crippen molar-refractivity contribution in [1.82, 2.24) is 10.0 Å². The molecular formula is C12H19ClN2O2S. The van der Waals surface area contributed by atoms with Crippen LogP contribution < -0.4 is 10.0 Å². The lowest BCUT2D eigenvalue weighted by atomic mass is 10.2. The molecule has 18 heavy (non-hydrogen) atoms. The summed E-state index contributed by atoms with van der Waals surface area (Å²) in [6.45, 7) is 6.91. The summed E-state index contributed by atoms with van der Waals surface area (Å²) in [5, 5.41) is 3.69. The van der Waals surface area contributed by atoms with Crippen LogP contribution >= 0.6 is 11.6 Å². The van der Waals surface area contributed by atoms with E-state index in [0.29, 0.717) is 11.6 Å². The third-order valence-electron chi connectivity index (χ3n) is 2.28. The Labute approximate surface area is 114 Å². The molecule has 0 radical (unpaired) electrons. The van der Waals surface area contributed by atoms with Gasteiger partial charge in [-0.3, -0.25) is 0 Å². The molecule has 0 heterocycles. The van der Waals surface area contributed by atoms with Crippen LogP contribution in [0, 0.1) is 0 Å². The number of benzene rings is 1. The van der Waals surface area contributed by atoms with Crippen LogP contribution in [-0.4, -0.2) is 21.0 Å². The van der Waals surface area contributed by atoms with Gasteiger partial charge in [0.2, 0.25) is 10.0 Å². The summed E-state index contributed by atoms with van der Waals surface area (Å²) in [6, 6.07) is 4.60. The first-order chi connectivity index (χ1) is 8.36. The van der Waals surface area contributed by atoms with Crippen LogP contribution in [0.15, 0.2) is 23.1 Å². The molecule has 0 fully saturated rings. The highest BCUT2D eigenvalue weighted by molar-refractivity contribution is 7.89. The Hall–Kier alpha value is -0.620. The number of rotatable bonds is 6. The van der Waals surface area contributed by atoms with Gasteiger partial charge in [0.25, 0.3) is 0 Å². The first-order valence-electron chi connectivity index (χ1n) is 5.88. The lowest BCUT2D eigenvalue weighted by Crippen LogP contribution is -2.30. The van der Waals surface area contributed by atoms with Crippen molar-refractivity contribution in [1.29, 1.82) is 0 Å². The van der Waals surface area contributed by atoms with Crippen molar-refractivity contribution in [2.24, 2.45) is 0 Å². The molecule has 0 bridgehead atoms. The van der Waals surface area contributed by atoms with Crippen molar-refractivity contribution in [3.05, 3.63) is 28.8 Å². The summed E-state index contributed by atoms with van der Waals surface area (Å²) in [5.41, 5.74) is 0.783. The van der Waals surface area contributed by atoms with E-state index in [0.717, 1.165) is 12.1 Å². The molecule has 1 aromatic carbocycles. The largest absolute Gasteiger partial charge is 0.313 e. The number of nitrogens with one attached hydrogen (secondary N) is 2. The van der Waals surface area contributed by atoms with E-state index in [4.69, 9.17) is 11.6 Å². The molecule has 0 atom stereocenters. The smallest absolute Gasteiger partial charge is 0.240 e. The summed E-state index contributed by atoms with van der Waals surface area (Å²) in [6.07, 6.45) is 0. The zero-order chi connectivity index (χ0) is 13.8. The van der Waals surface area contributed by atoms with Crippen molar-refractivity contribution in [3.63, 3.8) is 0 Å². The molecule has 0 saturated carbocycles. The van der Waals surface area contributed by atoms with Crippen molar-refractivity contribution < 1.29 is 8.42 Å². The van der Waals surface area contributed by atoms with E-state index in [1.54, 1.807) is 26.0 Å². The molecule has 0 aliphatic heterocycles. The van der Waals surface area contributed by atoms with Crippen LogP contribution in [0.2, 0.25) is 5.02 Å². The first kappa shape index (κ1) is 15.4. The molecule has 1 rings (SSSR count). The van der Waals surface area contributed by atoms with Gasteiger partial charge >= 0.3 is 0 Å². The third kappa shape index (κ3) is 4.24. The molecular weight excluding hydrogens is 272 g/mol. The number of halogens is 1. The summed E-state index contributed by atoms with van der Waals surface area (Å²) in [4.78, 5) is 0.244. The molecule has 0 spiro atoms. The van der Waals surface area contributed by atoms with Gasteiger partial charge < -0.3 is 5.32 Å². The molecule has 102 valence electrons. The fourth-order valence-electron chi connectivity index (χ4n) is 1.49. The fourth-order valence-corrected chi connectivity index (χ4v) is 2.98. The molecule has 0 amide bonds. The molecule has 0 aromatic heterocycles. The molecule has 1 aromatic rings. The molecule has 0 aliphatic rings. The van der Waals surface area contributed by atoms with Gasteiger partial charge in [0.15, 0.2) is 0 Å². The minimum atomic E-state index is -3.46. The summed E-state index contributed by atoms with van der Waals surface area (Å²) < 4.78 is 26.6. The van der Waals surface area contributed by atoms with Gasteiger partial charge in [0.05, 0.1) is 4.90 Å². The Balaban J connectivity index is 3.04. The van der Waals surface area contributed by atoms with Crippen molar-refractivity contribution in [2.75, 3.05) is 6.54 Å². The predicted octanol–water partition coefficient (Wildman–Crippen LogP) is 2.14. The lowest BCUT2D eigenvalue weighted by molar-refractivity contribution is 0.569. The molecule has 6 heteroatoms. The normalized spacial score (nSPS) is 12.1. The summed E-state index contributed by atoms with van der Waals surface area (Å²) >= 11 is 6.03. The van der Waals surface area contributed by atoms with Gasteiger partial charge in [-0.15, -0.1) is 0 Å². The standard InChI is InChI=1S/C12H19ClN2O2S/c1-4-14-8-10-7-11(5-6-12(10)13)18(16,17)15-9(2)3/h5-7,9,14-15H,4,8H2,1-3H3. The van der Waals surface area contributed by atoms with Crippen molar-refractivity contribution >= 4 is 21.6 Å². The van der Waals surface area contributed by atoms with Crippen LogP contribution in [0.1, 0.15) is 26.3 Å². The van der Waals surface area contributed by atoms with Gasteiger partial charge in [0, 0.05) is 17.6 Å². The van der Waals surface area contributed by atoms with Crippen LogP contribution in [0.4, 0.5) is 0 Å². The average Bonchev–Trinajstić information content (AvgIpc) is 2.26. The third-order valence-corrected chi connectivity index (χ3v) is 4.31. The maximum Gasteiger partial charge on any atom is 0.240 e. The van der Waals surface area contributed by atoms with Crippen LogP contribution in [-0.2, 0) is 16.6 Å². The zero-order valence-electron chi connectivity index (χ0n) is 10.8. The predicted molar refractivity (Wildman–Crippen MR) is 74.3 cm³/mol. The Morgan fingerprint density at radius 3 is 2.56 bits per heavy atom. The summed E-state index contributed by atoms with van der Waals surface area (Å²) in [5.74, 6) is 0. The van der Waals surface area contributed by atoms with E-state index in [9.17, 15) is 8.42 Å². The average molecular weight is 291 g/mol. The number of hydrogen-bond acceptors (Lipinski definition) is 3. The van der Waals surface area contributed by atoms with E-state index >= 15 is 0 Å². The highest BCUT2D eigenvalue weighted by atomic mass is 35.5. The lowest BCUT2D eigenvalue weighted by Gasteiger charge is -2.12. The SMILES string of the molecule is CCNCc1cc(S(=O)(=O)NC(C)C)ccc1Cl. The highest BCUT2D eigenvalue weighted by Crippen LogP contribution is 2.20. The van der Waals surface area contributed by atoms with Gasteiger partial charge in [-0.05, 0) is 44.2 Å². The van der Waals surface area contributed by atoms with Crippen molar-refractivity contribution in [2.45, 2.75) is 38.3 Å². The van der Waals surface area contributed by atoms with Crippen LogP contribution in [0.25, 0.3) is 0 Å². The van der Waals surface area contributed by atoms with Gasteiger partial charge in [-0.1, -0.05) is 18.5 Å². The Kier molecular flexibility index (Phi) is 5.59. The van der Waals surface area contributed by atoms with Crippen LogP contribution in [0.5, 0.6) is 0 Å². The van der Waals surface area contributed by atoms with E-state index in [-0.39, 0.29) is 10.9 Å². The van der Waals surface area contributed by atoms with Gasteiger partial charge in [-0.2, -0.15) is 0 Å². The quantitative estimate of drug-likeness (QED) is 0.844. The maximum atomic E-state index is 12.0. The monoisotopic (exact) mass is 290 g/mol. The molecule has 0 saturated heterocycles. The first-order valence-corrected chi connectivity index (χ1v) is 7.74. The van der Waals surface area contributed by atoms with Crippen molar-refractivity contribution in [3.8, 4) is 0 Å². The topological polar surface area (TPSA) is 58.2 Å². The van der Waals surface area contributed by atoms with E-state index in [1.165, 1.54) is 6.07 Å². The minimum Gasteiger partial charge on any atom is -0.313 e. The number of sulfonamides is 1. The maximum absolute atomic E-state index is 12.0. The van der Waals surface area contributed by atoms with E-state index < -0.39 is 10.0 Å². The highest BCUT2D eigenvalue weighted by Gasteiger charge is 2.16. The Morgan fingerprint density at radius 1 is 1.33 bits per heavy atom. The second kappa shape index (κ2) is 6.52. The Morgan fingerprint density at radius 2 is 2.00 bits per heavy atom. The summed E-state index contributed by atoms with van der Waals surface area (Å²) in [7, 11) is -3.46. The van der Waals surface area contributed by atoms with E-state index in [1.807, 2.05) is 6.92 Å². The molecule has 2 N–H and O–H groups in total. The van der Waals surface area contributed by atoms with E-state index in [2.05, 4.69) is 10.0 Å². The van der Waals surface area contributed by atoms with Gasteiger partial charge in [0.1, 0.15) is 0 Å². The second-order valence-electron chi connectivity index (χ2n) is 4.31.